The van der Waals surface area contributed by atoms with Gasteiger partial charge in [-0.25, -0.2) is 0 Å². The van der Waals surface area contributed by atoms with Crippen LogP contribution in [0.3, 0.4) is 0 Å². The van der Waals surface area contributed by atoms with Crippen molar-refractivity contribution in [1.29, 1.82) is 0 Å². The minimum atomic E-state index is -0.674. The zero-order valence-electron chi connectivity index (χ0n) is 16.5. The van der Waals surface area contributed by atoms with Crippen LogP contribution in [-0.2, 0) is 4.74 Å². The number of nitrogens with zero attached hydrogens (tertiary/aromatic N) is 2. The molecule has 0 aliphatic rings. The van der Waals surface area contributed by atoms with E-state index in [4.69, 9.17) is 4.74 Å². The fraction of sp³-hybridized carbons (Fsp3) is 0.944. The first-order chi connectivity index (χ1) is 11.5. The first-order valence-electron chi connectivity index (χ1n) is 9.43. The molecule has 0 aliphatic heterocycles. The number of aliphatic hydroxyl groups is 1. The Bertz CT molecular complexity index is 318. The summed E-state index contributed by atoms with van der Waals surface area (Å²) in [6.07, 6.45) is 4.59. The predicted octanol–water partition coefficient (Wildman–Crippen LogP) is 1.84. The fourth-order valence-electron chi connectivity index (χ4n) is 2.70. The molecule has 0 unspecified atom stereocenters. The molecule has 144 valence electrons. The van der Waals surface area contributed by atoms with Crippen molar-refractivity contribution < 1.29 is 9.84 Å². The largest absolute Gasteiger partial charge is 0.388 e. The summed E-state index contributed by atoms with van der Waals surface area (Å²) in [7, 11) is 3.83. The zero-order valence-corrected chi connectivity index (χ0v) is 16.5. The highest BCUT2D eigenvalue weighted by Gasteiger charge is 2.24. The minimum Gasteiger partial charge on any atom is -0.388 e. The number of hydrogen-bond acceptors (Lipinski definition) is 4. The van der Waals surface area contributed by atoms with Crippen LogP contribution in [0.1, 0.15) is 52.9 Å². The quantitative estimate of drug-likeness (QED) is 0.255. The summed E-state index contributed by atoms with van der Waals surface area (Å²) < 4.78 is 5.08. The van der Waals surface area contributed by atoms with E-state index in [1.807, 2.05) is 0 Å². The minimum absolute atomic E-state index is 0.456. The van der Waals surface area contributed by atoms with E-state index in [-0.39, 0.29) is 0 Å². The smallest absolute Gasteiger partial charge is 0.191 e. The molecule has 0 amide bonds. The first-order valence-corrected chi connectivity index (χ1v) is 9.43. The first kappa shape index (κ1) is 23.1. The van der Waals surface area contributed by atoms with E-state index in [0.717, 1.165) is 70.8 Å². The van der Waals surface area contributed by atoms with Crippen LogP contribution in [0, 0.1) is 0 Å². The van der Waals surface area contributed by atoms with Gasteiger partial charge in [0, 0.05) is 26.7 Å². The summed E-state index contributed by atoms with van der Waals surface area (Å²) >= 11 is 0. The summed E-state index contributed by atoms with van der Waals surface area (Å²) in [5.74, 6) is 0.794. The van der Waals surface area contributed by atoms with Crippen LogP contribution >= 0.6 is 0 Å². The highest BCUT2D eigenvalue weighted by molar-refractivity contribution is 5.79. The highest BCUT2D eigenvalue weighted by Crippen LogP contribution is 2.19. The Morgan fingerprint density at radius 2 is 1.79 bits per heavy atom. The SMILES string of the molecule is CCCC(O)(CCC)CN=C(NCC)NCCCN(C)CCOC. The van der Waals surface area contributed by atoms with Crippen LogP contribution in [0.4, 0.5) is 0 Å². The number of nitrogens with one attached hydrogen (secondary N) is 2. The van der Waals surface area contributed by atoms with Crippen molar-refractivity contribution in [2.45, 2.75) is 58.5 Å². The van der Waals surface area contributed by atoms with Crippen molar-refractivity contribution in [3.63, 3.8) is 0 Å². The monoisotopic (exact) mass is 344 g/mol. The van der Waals surface area contributed by atoms with Gasteiger partial charge in [0.2, 0.25) is 0 Å². The van der Waals surface area contributed by atoms with Crippen LogP contribution in [0.25, 0.3) is 0 Å². The summed E-state index contributed by atoms with van der Waals surface area (Å²) in [5.41, 5.74) is -0.674. The van der Waals surface area contributed by atoms with E-state index in [1.54, 1.807) is 7.11 Å². The normalized spacial score (nSPS) is 12.7. The summed E-state index contributed by atoms with van der Waals surface area (Å²) in [6, 6.07) is 0. The van der Waals surface area contributed by atoms with Crippen LogP contribution < -0.4 is 10.6 Å². The van der Waals surface area contributed by atoms with Gasteiger partial charge in [0.15, 0.2) is 5.96 Å². The second-order valence-electron chi connectivity index (χ2n) is 6.50. The molecule has 0 heterocycles. The van der Waals surface area contributed by atoms with Gasteiger partial charge in [0.25, 0.3) is 0 Å². The number of likely N-dealkylation sites (N-methyl/N-ethyl adjacent to an activating group) is 1. The topological polar surface area (TPSA) is 69.1 Å². The molecule has 0 saturated carbocycles. The lowest BCUT2D eigenvalue weighted by molar-refractivity contribution is 0.0306. The molecule has 0 spiro atoms. The van der Waals surface area contributed by atoms with Crippen molar-refractivity contribution >= 4 is 5.96 Å². The zero-order chi connectivity index (χ0) is 18.3. The van der Waals surface area contributed by atoms with Gasteiger partial charge < -0.3 is 25.4 Å². The molecule has 0 radical (unpaired) electrons. The van der Waals surface area contributed by atoms with Gasteiger partial charge in [0.05, 0.1) is 18.8 Å². The van der Waals surface area contributed by atoms with E-state index < -0.39 is 5.60 Å². The number of aliphatic imine (C=N–C) groups is 1. The van der Waals surface area contributed by atoms with Crippen LogP contribution in [0.15, 0.2) is 4.99 Å². The van der Waals surface area contributed by atoms with Crippen molar-refractivity contribution in [1.82, 2.24) is 15.5 Å². The molecular weight excluding hydrogens is 304 g/mol. The van der Waals surface area contributed by atoms with E-state index in [1.165, 1.54) is 0 Å². The van der Waals surface area contributed by atoms with Gasteiger partial charge in [-0.2, -0.15) is 0 Å². The standard InChI is InChI=1S/C18H40N4O2/c1-6-10-18(23,11-7-2)16-21-17(19-8-3)20-12-9-13-22(4)14-15-24-5/h23H,6-16H2,1-5H3,(H2,19,20,21). The molecular formula is C18H40N4O2. The third-order valence-corrected chi connectivity index (χ3v) is 3.99. The molecule has 6 heteroatoms. The Morgan fingerprint density at radius 3 is 2.33 bits per heavy atom. The Balaban J connectivity index is 4.31. The van der Waals surface area contributed by atoms with Gasteiger partial charge in [0.1, 0.15) is 0 Å². The lowest BCUT2D eigenvalue weighted by atomic mass is 9.93. The number of methoxy groups -OCH3 is 1. The average Bonchev–Trinajstić information content (AvgIpc) is 2.55. The molecule has 0 aromatic carbocycles. The predicted molar refractivity (Wildman–Crippen MR) is 103 cm³/mol. The van der Waals surface area contributed by atoms with E-state index in [0.29, 0.717) is 6.54 Å². The van der Waals surface area contributed by atoms with Gasteiger partial charge in [-0.15, -0.1) is 0 Å². The summed E-state index contributed by atoms with van der Waals surface area (Å²) in [5, 5.41) is 17.3. The van der Waals surface area contributed by atoms with E-state index in [9.17, 15) is 5.11 Å². The van der Waals surface area contributed by atoms with Gasteiger partial charge >= 0.3 is 0 Å². The molecule has 6 nitrogen and oxygen atoms in total. The number of guanidine groups is 1. The Kier molecular flexibility index (Phi) is 14.0. The van der Waals surface area contributed by atoms with E-state index in [2.05, 4.69) is 48.3 Å². The molecule has 0 aromatic heterocycles. The molecule has 0 bridgehead atoms. The maximum absolute atomic E-state index is 10.7. The molecule has 0 saturated heterocycles. The lowest BCUT2D eigenvalue weighted by Gasteiger charge is -2.26. The van der Waals surface area contributed by atoms with Crippen LogP contribution in [0.5, 0.6) is 0 Å². The van der Waals surface area contributed by atoms with Crippen LogP contribution in [0.2, 0.25) is 0 Å². The lowest BCUT2D eigenvalue weighted by Crippen LogP contribution is -2.41. The second-order valence-corrected chi connectivity index (χ2v) is 6.50. The number of hydrogen-bond donors (Lipinski definition) is 3. The highest BCUT2D eigenvalue weighted by atomic mass is 16.5. The number of rotatable bonds is 14. The molecule has 0 rings (SSSR count). The van der Waals surface area contributed by atoms with Crippen molar-refractivity contribution in [2.75, 3.05) is 53.5 Å². The Labute approximate surface area is 149 Å². The molecule has 0 aromatic rings. The van der Waals surface area contributed by atoms with Crippen molar-refractivity contribution in [3.05, 3.63) is 0 Å². The third-order valence-electron chi connectivity index (χ3n) is 3.99. The number of ether oxygens (including phenoxy) is 1. The summed E-state index contributed by atoms with van der Waals surface area (Å²) in [6.45, 7) is 11.1. The Morgan fingerprint density at radius 1 is 1.12 bits per heavy atom. The summed E-state index contributed by atoms with van der Waals surface area (Å²) in [4.78, 5) is 6.86. The van der Waals surface area contributed by atoms with E-state index >= 15 is 0 Å². The molecule has 0 fully saturated rings. The third kappa shape index (κ3) is 11.6. The second kappa shape index (κ2) is 14.5. The maximum Gasteiger partial charge on any atom is 0.191 e. The fourth-order valence-corrected chi connectivity index (χ4v) is 2.70. The van der Waals surface area contributed by atoms with Gasteiger partial charge in [-0.1, -0.05) is 26.7 Å². The van der Waals surface area contributed by atoms with Gasteiger partial charge in [-0.3, -0.25) is 4.99 Å². The molecule has 3 N–H and O–H groups in total. The average molecular weight is 345 g/mol. The van der Waals surface area contributed by atoms with Gasteiger partial charge in [-0.05, 0) is 39.8 Å². The van der Waals surface area contributed by atoms with Crippen LogP contribution in [-0.4, -0.2) is 75.1 Å². The van der Waals surface area contributed by atoms with Crippen molar-refractivity contribution in [2.24, 2.45) is 4.99 Å². The van der Waals surface area contributed by atoms with Crippen molar-refractivity contribution in [3.8, 4) is 0 Å². The maximum atomic E-state index is 10.7. The molecule has 0 aliphatic carbocycles. The molecule has 24 heavy (non-hydrogen) atoms. The molecule has 0 atom stereocenters. The Hall–Kier alpha value is -0.850.